The van der Waals surface area contributed by atoms with Gasteiger partial charge in [-0.2, -0.15) is 0 Å². The molecular formula is C10H21NO. The Morgan fingerprint density at radius 1 is 1.42 bits per heavy atom. The maximum atomic E-state index is 5.29. The zero-order chi connectivity index (χ0) is 9.24. The first-order valence-corrected chi connectivity index (χ1v) is 4.76. The van der Waals surface area contributed by atoms with Crippen molar-refractivity contribution in [2.45, 2.75) is 39.2 Å². The highest BCUT2D eigenvalue weighted by Gasteiger charge is 2.43. The molecule has 1 N–H and O–H groups in total. The number of hydrogen-bond donors (Lipinski definition) is 1. The zero-order valence-electron chi connectivity index (χ0n) is 8.74. The molecule has 12 heavy (non-hydrogen) atoms. The summed E-state index contributed by atoms with van der Waals surface area (Å²) in [5.74, 6) is 0. The van der Waals surface area contributed by atoms with Crippen molar-refractivity contribution in [2.24, 2.45) is 5.41 Å². The van der Waals surface area contributed by atoms with Gasteiger partial charge in [-0.25, -0.2) is 0 Å². The Balaban J connectivity index is 2.72. The van der Waals surface area contributed by atoms with Gasteiger partial charge in [-0.1, -0.05) is 20.8 Å². The van der Waals surface area contributed by atoms with Gasteiger partial charge in [0, 0.05) is 12.6 Å². The lowest BCUT2D eigenvalue weighted by Crippen LogP contribution is -2.54. The van der Waals surface area contributed by atoms with E-state index in [0.29, 0.717) is 5.41 Å². The molecule has 72 valence electrons. The van der Waals surface area contributed by atoms with Crippen LogP contribution in [0.5, 0.6) is 0 Å². The smallest absolute Gasteiger partial charge is 0.0649 e. The monoisotopic (exact) mass is 171 g/mol. The van der Waals surface area contributed by atoms with Gasteiger partial charge in [0.15, 0.2) is 0 Å². The minimum absolute atomic E-state index is 0.210. The van der Waals surface area contributed by atoms with Gasteiger partial charge < -0.3 is 10.1 Å². The van der Waals surface area contributed by atoms with Gasteiger partial charge in [0.25, 0.3) is 0 Å². The van der Waals surface area contributed by atoms with E-state index in [2.05, 4.69) is 26.1 Å². The van der Waals surface area contributed by atoms with Crippen LogP contribution in [0.25, 0.3) is 0 Å². The van der Waals surface area contributed by atoms with Crippen LogP contribution in [0, 0.1) is 5.41 Å². The summed E-state index contributed by atoms with van der Waals surface area (Å²) in [5.41, 5.74) is 0.501. The molecule has 1 aliphatic rings. The summed E-state index contributed by atoms with van der Waals surface area (Å²) in [5, 5.41) is 3.59. The van der Waals surface area contributed by atoms with E-state index in [1.807, 2.05) is 0 Å². The number of methoxy groups -OCH3 is 1. The first-order valence-electron chi connectivity index (χ1n) is 4.76. The van der Waals surface area contributed by atoms with E-state index in [-0.39, 0.29) is 5.54 Å². The lowest BCUT2D eigenvalue weighted by atomic mass is 9.73. The Morgan fingerprint density at radius 3 is 2.42 bits per heavy atom. The first-order chi connectivity index (χ1) is 5.52. The Hall–Kier alpha value is -0.0800. The maximum Gasteiger partial charge on any atom is 0.0649 e. The fourth-order valence-electron chi connectivity index (χ4n) is 2.03. The molecule has 0 aromatic rings. The molecule has 1 saturated heterocycles. The number of ether oxygens (including phenoxy) is 1. The van der Waals surface area contributed by atoms with Gasteiger partial charge in [-0.15, -0.1) is 0 Å². The van der Waals surface area contributed by atoms with Crippen molar-refractivity contribution in [3.05, 3.63) is 0 Å². The topological polar surface area (TPSA) is 21.3 Å². The molecule has 0 bridgehead atoms. The van der Waals surface area contributed by atoms with Crippen LogP contribution in [0.1, 0.15) is 33.6 Å². The maximum absolute atomic E-state index is 5.29. The fourth-order valence-corrected chi connectivity index (χ4v) is 2.03. The number of nitrogens with one attached hydrogen (secondary N) is 1. The molecule has 1 fully saturated rings. The van der Waals surface area contributed by atoms with Crippen LogP contribution in [-0.4, -0.2) is 25.8 Å². The van der Waals surface area contributed by atoms with E-state index in [9.17, 15) is 0 Å². The predicted molar refractivity (Wildman–Crippen MR) is 51.3 cm³/mol. The van der Waals surface area contributed by atoms with Crippen molar-refractivity contribution in [3.63, 3.8) is 0 Å². The predicted octanol–water partition coefficient (Wildman–Crippen LogP) is 1.80. The highest BCUT2D eigenvalue weighted by molar-refractivity contribution is 5.01. The largest absolute Gasteiger partial charge is 0.383 e. The van der Waals surface area contributed by atoms with Crippen molar-refractivity contribution < 1.29 is 4.74 Å². The SMILES string of the molecule is COCC1(C(C)(C)C)CCCN1. The quantitative estimate of drug-likeness (QED) is 0.684. The summed E-state index contributed by atoms with van der Waals surface area (Å²) in [4.78, 5) is 0. The third-order valence-corrected chi connectivity index (χ3v) is 3.07. The highest BCUT2D eigenvalue weighted by atomic mass is 16.5. The minimum Gasteiger partial charge on any atom is -0.383 e. The average Bonchev–Trinajstić information content (AvgIpc) is 2.36. The molecule has 1 heterocycles. The highest BCUT2D eigenvalue weighted by Crippen LogP contribution is 2.37. The van der Waals surface area contributed by atoms with Gasteiger partial charge in [-0.05, 0) is 24.8 Å². The Kier molecular flexibility index (Phi) is 2.79. The van der Waals surface area contributed by atoms with Crippen LogP contribution in [0.15, 0.2) is 0 Å². The number of hydrogen-bond acceptors (Lipinski definition) is 2. The van der Waals surface area contributed by atoms with E-state index in [4.69, 9.17) is 4.74 Å². The molecule has 0 spiro atoms. The molecule has 0 saturated carbocycles. The van der Waals surface area contributed by atoms with E-state index in [1.165, 1.54) is 12.8 Å². The molecule has 1 aliphatic heterocycles. The number of rotatable bonds is 2. The van der Waals surface area contributed by atoms with Crippen molar-refractivity contribution >= 4 is 0 Å². The summed E-state index contributed by atoms with van der Waals surface area (Å²) in [6.45, 7) is 8.82. The molecule has 2 nitrogen and oxygen atoms in total. The summed E-state index contributed by atoms with van der Waals surface area (Å²) in [6, 6.07) is 0. The summed E-state index contributed by atoms with van der Waals surface area (Å²) >= 11 is 0. The Morgan fingerprint density at radius 2 is 2.08 bits per heavy atom. The summed E-state index contributed by atoms with van der Waals surface area (Å²) < 4.78 is 5.29. The van der Waals surface area contributed by atoms with Gasteiger partial charge in [-0.3, -0.25) is 0 Å². The molecular weight excluding hydrogens is 150 g/mol. The molecule has 1 unspecified atom stereocenters. The fraction of sp³-hybridized carbons (Fsp3) is 1.00. The van der Waals surface area contributed by atoms with Crippen molar-refractivity contribution in [2.75, 3.05) is 20.3 Å². The molecule has 2 heteroatoms. The zero-order valence-corrected chi connectivity index (χ0v) is 8.74. The third-order valence-electron chi connectivity index (χ3n) is 3.07. The van der Waals surface area contributed by atoms with Crippen LogP contribution in [0.2, 0.25) is 0 Å². The minimum atomic E-state index is 0.210. The van der Waals surface area contributed by atoms with Gasteiger partial charge in [0.05, 0.1) is 6.61 Å². The summed E-state index contributed by atoms with van der Waals surface area (Å²) in [6.07, 6.45) is 2.52. The molecule has 0 aliphatic carbocycles. The summed E-state index contributed by atoms with van der Waals surface area (Å²) in [7, 11) is 1.79. The average molecular weight is 171 g/mol. The van der Waals surface area contributed by atoms with Crippen molar-refractivity contribution in [1.29, 1.82) is 0 Å². The molecule has 0 aromatic carbocycles. The molecule has 0 aromatic heterocycles. The third kappa shape index (κ3) is 1.64. The van der Waals surface area contributed by atoms with E-state index in [1.54, 1.807) is 7.11 Å². The molecule has 0 amide bonds. The molecule has 1 rings (SSSR count). The van der Waals surface area contributed by atoms with Crippen LogP contribution in [-0.2, 0) is 4.74 Å². The van der Waals surface area contributed by atoms with Crippen LogP contribution in [0.3, 0.4) is 0 Å². The second-order valence-corrected chi connectivity index (χ2v) is 4.80. The van der Waals surface area contributed by atoms with E-state index in [0.717, 1.165) is 13.2 Å². The van der Waals surface area contributed by atoms with Gasteiger partial charge in [0.1, 0.15) is 0 Å². The molecule has 1 atom stereocenters. The second-order valence-electron chi connectivity index (χ2n) is 4.80. The second kappa shape index (κ2) is 3.35. The Labute approximate surface area is 75.7 Å². The molecule has 0 radical (unpaired) electrons. The van der Waals surface area contributed by atoms with Gasteiger partial charge >= 0.3 is 0 Å². The lowest BCUT2D eigenvalue weighted by Gasteiger charge is -2.41. The van der Waals surface area contributed by atoms with Crippen LogP contribution < -0.4 is 5.32 Å². The van der Waals surface area contributed by atoms with E-state index >= 15 is 0 Å². The van der Waals surface area contributed by atoms with Gasteiger partial charge in [0.2, 0.25) is 0 Å². The van der Waals surface area contributed by atoms with Crippen LogP contribution in [0.4, 0.5) is 0 Å². The Bertz CT molecular complexity index is 142. The van der Waals surface area contributed by atoms with E-state index < -0.39 is 0 Å². The first kappa shape index (κ1) is 10.0. The standard InChI is InChI=1S/C10H21NO/c1-9(2,3)10(8-12-4)6-5-7-11-10/h11H,5-8H2,1-4H3. The lowest BCUT2D eigenvalue weighted by molar-refractivity contribution is 0.0478. The van der Waals surface area contributed by atoms with Crippen LogP contribution >= 0.6 is 0 Å². The van der Waals surface area contributed by atoms with Crippen molar-refractivity contribution in [1.82, 2.24) is 5.32 Å². The normalized spacial score (nSPS) is 31.0. The van der Waals surface area contributed by atoms with Crippen molar-refractivity contribution in [3.8, 4) is 0 Å².